The highest BCUT2D eigenvalue weighted by atomic mass is 32.1. The molecule has 0 spiro atoms. The molecule has 27 heavy (non-hydrogen) atoms. The van der Waals surface area contributed by atoms with Gasteiger partial charge in [0.1, 0.15) is 5.75 Å². The van der Waals surface area contributed by atoms with Crippen molar-refractivity contribution in [2.45, 2.75) is 13.3 Å². The second-order valence-corrected chi connectivity index (χ2v) is 7.01. The fourth-order valence-electron chi connectivity index (χ4n) is 2.79. The van der Waals surface area contributed by atoms with E-state index in [2.05, 4.69) is 17.2 Å². The van der Waals surface area contributed by atoms with Gasteiger partial charge in [0.2, 0.25) is 0 Å². The number of nitrogens with one attached hydrogen (secondary N) is 1. The molecule has 4 rings (SSSR count). The van der Waals surface area contributed by atoms with Crippen LogP contribution in [0, 0.1) is 0 Å². The third-order valence-corrected chi connectivity index (χ3v) is 5.01. The molecule has 0 saturated carbocycles. The van der Waals surface area contributed by atoms with Crippen LogP contribution in [-0.4, -0.2) is 21.9 Å². The van der Waals surface area contributed by atoms with E-state index in [1.807, 2.05) is 70.7 Å². The predicted octanol–water partition coefficient (Wildman–Crippen LogP) is 4.64. The van der Waals surface area contributed by atoms with Gasteiger partial charge in [-0.15, -0.1) is 11.3 Å². The van der Waals surface area contributed by atoms with Gasteiger partial charge in [0, 0.05) is 29.0 Å². The van der Waals surface area contributed by atoms with Gasteiger partial charge in [0.15, 0.2) is 11.6 Å². The van der Waals surface area contributed by atoms with Gasteiger partial charge in [-0.05, 0) is 36.2 Å². The van der Waals surface area contributed by atoms with Crippen LogP contribution in [0.1, 0.15) is 12.5 Å². The van der Waals surface area contributed by atoms with Crippen LogP contribution >= 0.6 is 11.3 Å². The number of amides is 1. The van der Waals surface area contributed by atoms with Gasteiger partial charge in [0.25, 0.3) is 5.91 Å². The lowest BCUT2D eigenvalue weighted by atomic mass is 10.1. The van der Waals surface area contributed by atoms with Gasteiger partial charge in [-0.2, -0.15) is 0 Å². The minimum atomic E-state index is -0.188. The van der Waals surface area contributed by atoms with Crippen LogP contribution in [0.3, 0.4) is 0 Å². The first-order valence-corrected chi connectivity index (χ1v) is 9.63. The number of fused-ring (bicyclic) bond motifs is 1. The lowest BCUT2D eigenvalue weighted by Gasteiger charge is -2.09. The van der Waals surface area contributed by atoms with E-state index in [0.717, 1.165) is 28.3 Å². The quantitative estimate of drug-likeness (QED) is 0.532. The first-order chi connectivity index (χ1) is 13.2. The second-order valence-electron chi connectivity index (χ2n) is 6.13. The van der Waals surface area contributed by atoms with Gasteiger partial charge in [-0.1, -0.05) is 31.2 Å². The van der Waals surface area contributed by atoms with Crippen molar-refractivity contribution in [2.75, 3.05) is 11.9 Å². The van der Waals surface area contributed by atoms with E-state index in [4.69, 9.17) is 4.74 Å². The number of rotatable bonds is 6. The fourth-order valence-corrected chi connectivity index (χ4v) is 3.49. The summed E-state index contributed by atoms with van der Waals surface area (Å²) in [6.07, 6.45) is 4.92. The van der Waals surface area contributed by atoms with Gasteiger partial charge >= 0.3 is 0 Å². The highest BCUT2D eigenvalue weighted by Crippen LogP contribution is 2.23. The van der Waals surface area contributed by atoms with E-state index in [1.54, 1.807) is 11.3 Å². The average molecular weight is 377 g/mol. The highest BCUT2D eigenvalue weighted by Gasteiger charge is 2.07. The molecule has 2 aromatic heterocycles. The standard InChI is InChI=1S/C21H19N3O2S/c1-2-15-4-3-5-18(12-15)26-14-20(25)22-17-8-6-16(7-9-17)19-13-24-10-11-27-21(24)23-19/h3-13H,2,14H2,1H3,(H,22,25). The lowest BCUT2D eigenvalue weighted by molar-refractivity contribution is -0.118. The van der Waals surface area contributed by atoms with E-state index in [0.29, 0.717) is 5.75 Å². The van der Waals surface area contributed by atoms with Crippen molar-refractivity contribution in [3.8, 4) is 17.0 Å². The minimum Gasteiger partial charge on any atom is -0.484 e. The molecule has 2 aromatic carbocycles. The Labute approximate surface area is 161 Å². The molecule has 0 aliphatic carbocycles. The Bertz CT molecular complexity index is 1040. The zero-order chi connectivity index (χ0) is 18.6. The first kappa shape index (κ1) is 17.3. The normalized spacial score (nSPS) is 10.9. The molecule has 1 N–H and O–H groups in total. The molecule has 5 nitrogen and oxygen atoms in total. The fraction of sp³-hybridized carbons (Fsp3) is 0.143. The summed E-state index contributed by atoms with van der Waals surface area (Å²) in [5, 5.41) is 4.86. The zero-order valence-corrected chi connectivity index (χ0v) is 15.7. The summed E-state index contributed by atoms with van der Waals surface area (Å²) in [7, 11) is 0. The maximum absolute atomic E-state index is 12.1. The lowest BCUT2D eigenvalue weighted by Crippen LogP contribution is -2.20. The average Bonchev–Trinajstić information content (AvgIpc) is 3.29. The molecule has 6 heteroatoms. The number of hydrogen-bond donors (Lipinski definition) is 1. The molecule has 0 saturated heterocycles. The third-order valence-electron chi connectivity index (χ3n) is 4.23. The van der Waals surface area contributed by atoms with E-state index in [1.165, 1.54) is 5.56 Å². The summed E-state index contributed by atoms with van der Waals surface area (Å²) in [6, 6.07) is 15.4. The molecular formula is C21H19N3O2S. The Hall–Kier alpha value is -3.12. The van der Waals surface area contributed by atoms with Crippen LogP contribution in [0.25, 0.3) is 16.2 Å². The van der Waals surface area contributed by atoms with Crippen molar-refractivity contribution in [2.24, 2.45) is 0 Å². The number of imidazole rings is 1. The molecule has 0 unspecified atom stereocenters. The van der Waals surface area contributed by atoms with Gasteiger partial charge < -0.3 is 10.1 Å². The number of aromatic nitrogens is 2. The number of thiazole rings is 1. The SMILES string of the molecule is CCc1cccc(OCC(=O)Nc2ccc(-c3cn4ccsc4n3)cc2)c1. The first-order valence-electron chi connectivity index (χ1n) is 8.75. The molecule has 0 aliphatic heterocycles. The van der Waals surface area contributed by atoms with Crippen LogP contribution in [0.15, 0.2) is 66.3 Å². The number of aryl methyl sites for hydroxylation is 1. The number of benzene rings is 2. The largest absolute Gasteiger partial charge is 0.484 e. The summed E-state index contributed by atoms with van der Waals surface area (Å²) < 4.78 is 7.58. The van der Waals surface area contributed by atoms with Crippen molar-refractivity contribution in [1.29, 1.82) is 0 Å². The van der Waals surface area contributed by atoms with Gasteiger partial charge in [-0.3, -0.25) is 9.20 Å². The smallest absolute Gasteiger partial charge is 0.262 e. The minimum absolute atomic E-state index is 0.0216. The summed E-state index contributed by atoms with van der Waals surface area (Å²) in [5.41, 5.74) is 3.84. The number of carbonyl (C=O) groups excluding carboxylic acids is 1. The van der Waals surface area contributed by atoms with Crippen LogP contribution in [0.5, 0.6) is 5.75 Å². The summed E-state index contributed by atoms with van der Waals surface area (Å²) >= 11 is 1.60. The third kappa shape index (κ3) is 4.01. The number of anilines is 1. The molecule has 0 atom stereocenters. The van der Waals surface area contributed by atoms with Gasteiger partial charge in [-0.25, -0.2) is 4.98 Å². The predicted molar refractivity (Wildman–Crippen MR) is 108 cm³/mol. The topological polar surface area (TPSA) is 55.6 Å². The molecule has 2 heterocycles. The maximum atomic E-state index is 12.1. The molecule has 136 valence electrons. The van der Waals surface area contributed by atoms with Gasteiger partial charge in [0.05, 0.1) is 5.69 Å². The Morgan fingerprint density at radius 2 is 2.07 bits per heavy atom. The molecule has 0 radical (unpaired) electrons. The summed E-state index contributed by atoms with van der Waals surface area (Å²) in [4.78, 5) is 17.7. The van der Waals surface area contributed by atoms with Crippen molar-refractivity contribution in [3.05, 3.63) is 71.9 Å². The number of carbonyl (C=O) groups is 1. The Morgan fingerprint density at radius 3 is 2.85 bits per heavy atom. The highest BCUT2D eigenvalue weighted by molar-refractivity contribution is 7.15. The second kappa shape index (κ2) is 7.63. The van der Waals surface area contributed by atoms with Crippen LogP contribution in [0.4, 0.5) is 5.69 Å². The zero-order valence-electron chi connectivity index (χ0n) is 14.9. The molecule has 0 aliphatic rings. The van der Waals surface area contributed by atoms with E-state index in [9.17, 15) is 4.79 Å². The Balaban J connectivity index is 1.36. The molecule has 0 bridgehead atoms. The van der Waals surface area contributed by atoms with Crippen LogP contribution in [0.2, 0.25) is 0 Å². The molecule has 1 amide bonds. The monoisotopic (exact) mass is 377 g/mol. The molecular weight excluding hydrogens is 358 g/mol. The van der Waals surface area contributed by atoms with Crippen molar-refractivity contribution in [3.63, 3.8) is 0 Å². The summed E-state index contributed by atoms with van der Waals surface area (Å²) in [6.45, 7) is 2.06. The maximum Gasteiger partial charge on any atom is 0.262 e. The van der Waals surface area contributed by atoms with E-state index in [-0.39, 0.29) is 12.5 Å². The Morgan fingerprint density at radius 1 is 1.22 bits per heavy atom. The summed E-state index contributed by atoms with van der Waals surface area (Å²) in [5.74, 6) is 0.520. The molecule has 4 aromatic rings. The molecule has 0 fully saturated rings. The number of hydrogen-bond acceptors (Lipinski definition) is 4. The van der Waals surface area contributed by atoms with Crippen molar-refractivity contribution < 1.29 is 9.53 Å². The van der Waals surface area contributed by atoms with Crippen molar-refractivity contribution >= 4 is 27.9 Å². The van der Waals surface area contributed by atoms with E-state index >= 15 is 0 Å². The van der Waals surface area contributed by atoms with Crippen LogP contribution in [-0.2, 0) is 11.2 Å². The number of ether oxygens (including phenoxy) is 1. The number of nitrogens with zero attached hydrogens (tertiary/aromatic N) is 2. The van der Waals surface area contributed by atoms with E-state index < -0.39 is 0 Å². The Kier molecular flexibility index (Phi) is 4.89. The van der Waals surface area contributed by atoms with Crippen molar-refractivity contribution in [1.82, 2.24) is 9.38 Å². The van der Waals surface area contributed by atoms with Crippen LogP contribution < -0.4 is 10.1 Å².